The first-order chi connectivity index (χ1) is 8.58. The third kappa shape index (κ3) is 2.48. The van der Waals surface area contributed by atoms with E-state index in [1.54, 1.807) is 0 Å². The van der Waals surface area contributed by atoms with Gasteiger partial charge in [-0.15, -0.1) is 0 Å². The van der Waals surface area contributed by atoms with Gasteiger partial charge in [-0.25, -0.2) is 0 Å². The summed E-state index contributed by atoms with van der Waals surface area (Å²) >= 11 is 0. The fourth-order valence-electron chi connectivity index (χ4n) is 5.75. The SMILES string of the molecule is CCC(C)CC(O)CC12CC3CC(CC(C3)C1)C2. The monoisotopic (exact) mass is 250 g/mol. The van der Waals surface area contributed by atoms with E-state index in [4.69, 9.17) is 0 Å². The molecule has 0 aliphatic heterocycles. The second kappa shape index (κ2) is 4.81. The van der Waals surface area contributed by atoms with Crippen LogP contribution in [0, 0.1) is 29.1 Å². The van der Waals surface area contributed by atoms with Gasteiger partial charge in [0.05, 0.1) is 6.10 Å². The van der Waals surface area contributed by atoms with E-state index in [-0.39, 0.29) is 6.10 Å². The average Bonchev–Trinajstić information content (AvgIpc) is 2.25. The van der Waals surface area contributed by atoms with Crippen molar-refractivity contribution >= 4 is 0 Å². The summed E-state index contributed by atoms with van der Waals surface area (Å²) in [7, 11) is 0. The minimum absolute atomic E-state index is 0.0313. The maximum atomic E-state index is 10.4. The molecule has 1 nitrogen and oxygen atoms in total. The van der Waals surface area contributed by atoms with Gasteiger partial charge in [0, 0.05) is 0 Å². The Morgan fingerprint density at radius 2 is 1.56 bits per heavy atom. The van der Waals surface area contributed by atoms with Crippen molar-refractivity contribution in [2.75, 3.05) is 0 Å². The van der Waals surface area contributed by atoms with Crippen molar-refractivity contribution in [3.63, 3.8) is 0 Å². The number of hydrogen-bond acceptors (Lipinski definition) is 1. The van der Waals surface area contributed by atoms with Gasteiger partial charge in [0.25, 0.3) is 0 Å². The van der Waals surface area contributed by atoms with Crippen LogP contribution in [0.2, 0.25) is 0 Å². The molecule has 4 saturated carbocycles. The van der Waals surface area contributed by atoms with Crippen LogP contribution >= 0.6 is 0 Å². The van der Waals surface area contributed by atoms with Gasteiger partial charge in [-0.3, -0.25) is 0 Å². The Balaban J connectivity index is 1.61. The van der Waals surface area contributed by atoms with Crippen LogP contribution in [0.4, 0.5) is 0 Å². The predicted octanol–water partition coefficient (Wildman–Crippen LogP) is 4.39. The summed E-state index contributed by atoms with van der Waals surface area (Å²) in [5, 5.41) is 10.4. The molecule has 4 aliphatic rings. The van der Waals surface area contributed by atoms with E-state index in [9.17, 15) is 5.11 Å². The van der Waals surface area contributed by atoms with Gasteiger partial charge in [0.1, 0.15) is 0 Å². The summed E-state index contributed by atoms with van der Waals surface area (Å²) in [6.45, 7) is 4.52. The minimum Gasteiger partial charge on any atom is -0.393 e. The van der Waals surface area contributed by atoms with E-state index in [0.29, 0.717) is 11.3 Å². The highest BCUT2D eigenvalue weighted by Gasteiger charge is 2.51. The first kappa shape index (κ1) is 13.0. The summed E-state index contributed by atoms with van der Waals surface area (Å²) in [5.74, 6) is 3.75. The summed E-state index contributed by atoms with van der Waals surface area (Å²) in [6, 6.07) is 0. The smallest absolute Gasteiger partial charge is 0.0548 e. The highest BCUT2D eigenvalue weighted by molar-refractivity contribution is 5.02. The van der Waals surface area contributed by atoms with Crippen molar-refractivity contribution in [3.8, 4) is 0 Å². The Bertz CT molecular complexity index is 261. The lowest BCUT2D eigenvalue weighted by Gasteiger charge is -2.57. The Hall–Kier alpha value is -0.0400. The van der Waals surface area contributed by atoms with E-state index in [1.165, 1.54) is 44.9 Å². The minimum atomic E-state index is -0.0313. The van der Waals surface area contributed by atoms with Gasteiger partial charge in [-0.1, -0.05) is 20.3 Å². The molecule has 4 fully saturated rings. The van der Waals surface area contributed by atoms with Crippen molar-refractivity contribution < 1.29 is 5.11 Å². The van der Waals surface area contributed by atoms with Crippen LogP contribution in [-0.4, -0.2) is 11.2 Å². The normalized spacial score (nSPS) is 45.2. The third-order valence-corrected chi connectivity index (χ3v) is 6.21. The molecule has 0 spiro atoms. The molecule has 0 aromatic heterocycles. The van der Waals surface area contributed by atoms with E-state index in [2.05, 4.69) is 13.8 Å². The Morgan fingerprint density at radius 1 is 1.06 bits per heavy atom. The molecule has 0 aromatic rings. The molecule has 0 saturated heterocycles. The van der Waals surface area contributed by atoms with Gasteiger partial charge < -0.3 is 5.11 Å². The molecule has 4 bridgehead atoms. The molecule has 0 radical (unpaired) electrons. The molecule has 2 unspecified atom stereocenters. The molecule has 0 amide bonds. The van der Waals surface area contributed by atoms with Gasteiger partial charge in [0.15, 0.2) is 0 Å². The Labute approximate surface area is 112 Å². The van der Waals surface area contributed by atoms with Crippen molar-refractivity contribution in [3.05, 3.63) is 0 Å². The molecule has 4 rings (SSSR count). The molecule has 2 atom stereocenters. The second-order valence-electron chi connectivity index (χ2n) is 8.02. The molecule has 104 valence electrons. The second-order valence-corrected chi connectivity index (χ2v) is 8.02. The first-order valence-corrected chi connectivity index (χ1v) is 8.26. The Kier molecular flexibility index (Phi) is 3.47. The zero-order valence-electron chi connectivity index (χ0n) is 12.2. The van der Waals surface area contributed by atoms with Crippen LogP contribution < -0.4 is 0 Å². The van der Waals surface area contributed by atoms with Crippen molar-refractivity contribution in [1.82, 2.24) is 0 Å². The van der Waals surface area contributed by atoms with Gasteiger partial charge >= 0.3 is 0 Å². The molecule has 18 heavy (non-hydrogen) atoms. The zero-order chi connectivity index (χ0) is 12.8. The van der Waals surface area contributed by atoms with Crippen LogP contribution in [0.1, 0.15) is 71.6 Å². The third-order valence-electron chi connectivity index (χ3n) is 6.21. The Morgan fingerprint density at radius 3 is 2.00 bits per heavy atom. The summed E-state index contributed by atoms with van der Waals surface area (Å²) < 4.78 is 0. The first-order valence-electron chi connectivity index (χ1n) is 8.26. The summed E-state index contributed by atoms with van der Waals surface area (Å²) in [6.07, 6.45) is 12.2. The molecule has 0 heterocycles. The van der Waals surface area contributed by atoms with Crippen molar-refractivity contribution in [2.45, 2.75) is 77.7 Å². The van der Waals surface area contributed by atoms with E-state index in [0.717, 1.165) is 30.6 Å². The molecule has 0 aromatic carbocycles. The number of hydrogen-bond donors (Lipinski definition) is 1. The lowest BCUT2D eigenvalue weighted by Crippen LogP contribution is -2.47. The lowest BCUT2D eigenvalue weighted by atomic mass is 9.48. The van der Waals surface area contributed by atoms with Crippen LogP contribution in [0.15, 0.2) is 0 Å². The molecular weight excluding hydrogens is 220 g/mol. The highest BCUT2D eigenvalue weighted by Crippen LogP contribution is 2.61. The number of aliphatic hydroxyl groups is 1. The summed E-state index contributed by atoms with van der Waals surface area (Å²) in [4.78, 5) is 0. The lowest BCUT2D eigenvalue weighted by molar-refractivity contribution is -0.0780. The van der Waals surface area contributed by atoms with Gasteiger partial charge in [0.2, 0.25) is 0 Å². The molecule has 4 aliphatic carbocycles. The fraction of sp³-hybridized carbons (Fsp3) is 1.00. The van der Waals surface area contributed by atoms with Gasteiger partial charge in [-0.05, 0) is 80.5 Å². The zero-order valence-corrected chi connectivity index (χ0v) is 12.2. The van der Waals surface area contributed by atoms with E-state index < -0.39 is 0 Å². The predicted molar refractivity (Wildman–Crippen MR) is 75.3 cm³/mol. The van der Waals surface area contributed by atoms with E-state index in [1.807, 2.05) is 0 Å². The van der Waals surface area contributed by atoms with E-state index >= 15 is 0 Å². The number of aliphatic hydroxyl groups excluding tert-OH is 1. The van der Waals surface area contributed by atoms with Crippen LogP contribution in [-0.2, 0) is 0 Å². The maximum absolute atomic E-state index is 10.4. The number of rotatable bonds is 5. The summed E-state index contributed by atoms with van der Waals surface area (Å²) in [5.41, 5.74) is 0.557. The standard InChI is InChI=1S/C17H30O/c1-3-12(2)4-16(18)11-17-8-13-5-14(9-17)7-15(6-13)10-17/h12-16,18H,3-11H2,1-2H3. The maximum Gasteiger partial charge on any atom is 0.0548 e. The fourth-order valence-corrected chi connectivity index (χ4v) is 5.75. The topological polar surface area (TPSA) is 20.2 Å². The quantitative estimate of drug-likeness (QED) is 0.767. The molecule has 1 heteroatoms. The largest absolute Gasteiger partial charge is 0.393 e. The molecular formula is C17H30O. The molecule has 1 N–H and O–H groups in total. The van der Waals surface area contributed by atoms with Crippen LogP contribution in [0.5, 0.6) is 0 Å². The average molecular weight is 250 g/mol. The van der Waals surface area contributed by atoms with Crippen molar-refractivity contribution in [2.24, 2.45) is 29.1 Å². The van der Waals surface area contributed by atoms with Crippen LogP contribution in [0.3, 0.4) is 0 Å². The van der Waals surface area contributed by atoms with Crippen molar-refractivity contribution in [1.29, 1.82) is 0 Å². The van der Waals surface area contributed by atoms with Crippen LogP contribution in [0.25, 0.3) is 0 Å². The highest BCUT2D eigenvalue weighted by atomic mass is 16.3. The van der Waals surface area contributed by atoms with Gasteiger partial charge in [-0.2, -0.15) is 0 Å².